The molecule has 108 valence electrons. The predicted molar refractivity (Wildman–Crippen MR) is 77.8 cm³/mol. The monoisotopic (exact) mass is 277 g/mol. The maximum Gasteiger partial charge on any atom is 0.376 e. The Labute approximate surface area is 119 Å². The number of hydrogen-bond acceptors (Lipinski definition) is 5. The van der Waals surface area contributed by atoms with E-state index < -0.39 is 13.0 Å². The van der Waals surface area contributed by atoms with Gasteiger partial charge in [0.15, 0.2) is 0 Å². The van der Waals surface area contributed by atoms with Gasteiger partial charge in [-0.15, -0.1) is 0 Å². The lowest BCUT2D eigenvalue weighted by atomic mass is 9.84. The Balaban J connectivity index is 1.97. The lowest BCUT2D eigenvalue weighted by molar-refractivity contribution is -0.137. The van der Waals surface area contributed by atoms with Gasteiger partial charge in [0.2, 0.25) is 0 Å². The third kappa shape index (κ3) is 3.95. The van der Waals surface area contributed by atoms with Crippen molar-refractivity contribution in [1.82, 2.24) is 9.79 Å². The van der Waals surface area contributed by atoms with Crippen LogP contribution < -0.4 is 5.32 Å². The third-order valence-corrected chi connectivity index (χ3v) is 3.47. The van der Waals surface area contributed by atoms with E-state index in [1.807, 2.05) is 6.07 Å². The maximum atomic E-state index is 10.7. The van der Waals surface area contributed by atoms with Crippen LogP contribution in [-0.4, -0.2) is 52.6 Å². The molecule has 0 aromatic carbocycles. The number of nitrogens with one attached hydrogen (secondary N) is 1. The summed E-state index contributed by atoms with van der Waals surface area (Å²) < 4.78 is 0. The molecule has 0 bridgehead atoms. The molecule has 0 fully saturated rings. The molecule has 0 saturated heterocycles. The molecule has 0 atom stereocenters. The van der Waals surface area contributed by atoms with Gasteiger partial charge >= 0.3 is 13.0 Å². The van der Waals surface area contributed by atoms with Crippen LogP contribution in [0.4, 0.5) is 5.82 Å². The Morgan fingerprint density at radius 2 is 2.35 bits per heavy atom. The van der Waals surface area contributed by atoms with Gasteiger partial charge in [-0.3, -0.25) is 4.79 Å². The fraction of sp³-hybridized carbons (Fsp3) is 0.538. The summed E-state index contributed by atoms with van der Waals surface area (Å²) in [7, 11) is -0.776. The highest BCUT2D eigenvalue weighted by atomic mass is 16.4. The van der Waals surface area contributed by atoms with Crippen molar-refractivity contribution in [3.05, 3.63) is 23.4 Å². The smallest absolute Gasteiger partial charge is 0.376 e. The number of rotatable bonds is 6. The van der Waals surface area contributed by atoms with Crippen molar-refractivity contribution in [2.45, 2.75) is 26.1 Å². The second-order valence-electron chi connectivity index (χ2n) is 5.09. The molecule has 2 heterocycles. The fourth-order valence-electron chi connectivity index (χ4n) is 2.34. The Morgan fingerprint density at radius 1 is 1.55 bits per heavy atom. The molecule has 3 N–H and O–H groups in total. The molecule has 0 aliphatic carbocycles. The molecule has 0 unspecified atom stereocenters. The molecule has 0 spiro atoms. The van der Waals surface area contributed by atoms with Gasteiger partial charge in [0, 0.05) is 18.7 Å². The Hall–Kier alpha value is -1.60. The number of carboxylic acid groups (broad SMARTS) is 1. The fourth-order valence-corrected chi connectivity index (χ4v) is 2.34. The summed E-state index contributed by atoms with van der Waals surface area (Å²) in [5.41, 5.74) is 2.15. The standard InChI is InChI=1S/C13H20BN3O3/c1-14(20)17(9-12(18)19)8-6-11-5-4-10-3-2-7-15-13(10)16-11/h4-5,20H,2-3,6-9H2,1H3,(H,15,16)(H,18,19). The number of nitrogens with zero attached hydrogens (tertiary/aromatic N) is 2. The molecular weight excluding hydrogens is 257 g/mol. The van der Waals surface area contributed by atoms with Crippen LogP contribution in [0.1, 0.15) is 17.7 Å². The molecule has 1 aliphatic heterocycles. The summed E-state index contributed by atoms with van der Waals surface area (Å²) >= 11 is 0. The van der Waals surface area contributed by atoms with Crippen molar-refractivity contribution >= 4 is 18.8 Å². The molecule has 6 nitrogen and oxygen atoms in total. The summed E-state index contributed by atoms with van der Waals surface area (Å²) in [5, 5.41) is 21.6. The van der Waals surface area contributed by atoms with Gasteiger partial charge in [-0.25, -0.2) is 4.98 Å². The minimum absolute atomic E-state index is 0.166. The van der Waals surface area contributed by atoms with Crippen molar-refractivity contribution in [2.75, 3.05) is 25.0 Å². The summed E-state index contributed by atoms with van der Waals surface area (Å²) in [4.78, 5) is 16.8. The normalized spacial score (nSPS) is 13.8. The summed E-state index contributed by atoms with van der Waals surface area (Å²) in [6, 6.07) is 4.06. The predicted octanol–water partition coefficient (Wildman–Crippen LogP) is 0.479. The third-order valence-electron chi connectivity index (χ3n) is 3.47. The Morgan fingerprint density at radius 3 is 3.05 bits per heavy atom. The van der Waals surface area contributed by atoms with Crippen molar-refractivity contribution in [2.24, 2.45) is 0 Å². The van der Waals surface area contributed by atoms with Gasteiger partial charge in [-0.1, -0.05) is 6.07 Å². The number of carbonyl (C=O) groups is 1. The van der Waals surface area contributed by atoms with E-state index in [0.717, 1.165) is 30.9 Å². The molecule has 20 heavy (non-hydrogen) atoms. The first-order chi connectivity index (χ1) is 9.56. The zero-order valence-corrected chi connectivity index (χ0v) is 11.7. The van der Waals surface area contributed by atoms with Crippen LogP contribution in [0.25, 0.3) is 0 Å². The highest BCUT2D eigenvalue weighted by Crippen LogP contribution is 2.19. The van der Waals surface area contributed by atoms with E-state index in [0.29, 0.717) is 13.0 Å². The highest BCUT2D eigenvalue weighted by molar-refractivity contribution is 6.45. The topological polar surface area (TPSA) is 85.7 Å². The van der Waals surface area contributed by atoms with Crippen molar-refractivity contribution in [1.29, 1.82) is 0 Å². The highest BCUT2D eigenvalue weighted by Gasteiger charge is 2.19. The summed E-state index contributed by atoms with van der Waals surface area (Å²) in [6.07, 6.45) is 2.80. The van der Waals surface area contributed by atoms with Crippen LogP contribution >= 0.6 is 0 Å². The van der Waals surface area contributed by atoms with E-state index in [2.05, 4.69) is 16.4 Å². The molecule has 0 radical (unpaired) electrons. The van der Waals surface area contributed by atoms with Gasteiger partial charge in [-0.2, -0.15) is 0 Å². The molecule has 0 amide bonds. The average molecular weight is 277 g/mol. The number of fused-ring (bicyclic) bond motifs is 1. The van der Waals surface area contributed by atoms with E-state index >= 15 is 0 Å². The quantitative estimate of drug-likeness (QED) is 0.656. The van der Waals surface area contributed by atoms with E-state index in [1.165, 1.54) is 10.4 Å². The number of aliphatic carboxylic acids is 1. The molecule has 1 aliphatic rings. The minimum atomic E-state index is -0.939. The van der Waals surface area contributed by atoms with Crippen LogP contribution in [0.15, 0.2) is 12.1 Å². The summed E-state index contributed by atoms with van der Waals surface area (Å²) in [5.74, 6) is 0.00143. The van der Waals surface area contributed by atoms with Crippen LogP contribution in [0, 0.1) is 0 Å². The number of anilines is 1. The van der Waals surface area contributed by atoms with Crippen LogP contribution in [0.5, 0.6) is 0 Å². The zero-order chi connectivity index (χ0) is 14.5. The van der Waals surface area contributed by atoms with Gasteiger partial charge in [0.25, 0.3) is 0 Å². The summed E-state index contributed by atoms with van der Waals surface area (Å²) in [6.45, 7) is 2.82. The van der Waals surface area contributed by atoms with Crippen molar-refractivity contribution in [3.63, 3.8) is 0 Å². The molecule has 2 rings (SSSR count). The van der Waals surface area contributed by atoms with Crippen LogP contribution in [0.3, 0.4) is 0 Å². The van der Waals surface area contributed by atoms with Gasteiger partial charge in [-0.05, 0) is 37.8 Å². The zero-order valence-electron chi connectivity index (χ0n) is 11.7. The first kappa shape index (κ1) is 14.8. The number of pyridine rings is 1. The van der Waals surface area contributed by atoms with Crippen LogP contribution in [0.2, 0.25) is 6.82 Å². The van der Waals surface area contributed by atoms with E-state index in [4.69, 9.17) is 5.11 Å². The number of aromatic nitrogens is 1. The largest absolute Gasteiger partial charge is 0.480 e. The minimum Gasteiger partial charge on any atom is -0.480 e. The van der Waals surface area contributed by atoms with E-state index in [-0.39, 0.29) is 6.54 Å². The average Bonchev–Trinajstić information content (AvgIpc) is 2.42. The number of carboxylic acids is 1. The lowest BCUT2D eigenvalue weighted by Gasteiger charge is -2.21. The maximum absolute atomic E-state index is 10.7. The first-order valence-electron chi connectivity index (χ1n) is 6.93. The molecule has 1 aromatic rings. The molecule has 1 aromatic heterocycles. The van der Waals surface area contributed by atoms with Crippen molar-refractivity contribution in [3.8, 4) is 0 Å². The molecule has 0 saturated carbocycles. The Bertz CT molecular complexity index is 482. The van der Waals surface area contributed by atoms with Crippen molar-refractivity contribution < 1.29 is 14.9 Å². The number of aryl methyl sites for hydroxylation is 1. The van der Waals surface area contributed by atoms with Gasteiger partial charge < -0.3 is 20.3 Å². The number of hydrogen-bond donors (Lipinski definition) is 3. The van der Waals surface area contributed by atoms with E-state index in [9.17, 15) is 9.82 Å². The van der Waals surface area contributed by atoms with E-state index in [1.54, 1.807) is 6.82 Å². The molecule has 7 heteroatoms. The Kier molecular flexibility index (Phi) is 4.97. The molecular formula is C13H20BN3O3. The second-order valence-corrected chi connectivity index (χ2v) is 5.09. The van der Waals surface area contributed by atoms with Gasteiger partial charge in [0.05, 0.1) is 6.54 Å². The van der Waals surface area contributed by atoms with Crippen LogP contribution in [-0.2, 0) is 17.6 Å². The van der Waals surface area contributed by atoms with Gasteiger partial charge in [0.1, 0.15) is 5.82 Å². The first-order valence-corrected chi connectivity index (χ1v) is 6.93. The lowest BCUT2D eigenvalue weighted by Crippen LogP contribution is -2.42. The SMILES string of the molecule is CB(O)N(CCc1ccc2c(n1)NCCC2)CC(=O)O. The second kappa shape index (κ2) is 6.72.